The van der Waals surface area contributed by atoms with Crippen LogP contribution < -0.4 is 0 Å². The van der Waals surface area contributed by atoms with Crippen LogP contribution >= 0.6 is 39.3 Å². The number of amides is 1. The van der Waals surface area contributed by atoms with Crippen LogP contribution in [0.15, 0.2) is 53.0 Å². The summed E-state index contributed by atoms with van der Waals surface area (Å²) < 4.78 is 0.860. The molecule has 2 aromatic carbocycles. The first kappa shape index (κ1) is 17.3. The molecular formula is C17H13BrClNO3S. The molecule has 2 aromatic rings. The van der Waals surface area contributed by atoms with E-state index in [1.54, 1.807) is 36.4 Å². The van der Waals surface area contributed by atoms with Crippen molar-refractivity contribution in [1.29, 1.82) is 0 Å². The molecule has 1 fully saturated rings. The number of carboxylic acids is 1. The van der Waals surface area contributed by atoms with E-state index in [-0.39, 0.29) is 11.3 Å². The van der Waals surface area contributed by atoms with Gasteiger partial charge >= 0.3 is 5.97 Å². The lowest BCUT2D eigenvalue weighted by atomic mass is 10.1. The van der Waals surface area contributed by atoms with Crippen molar-refractivity contribution in [2.45, 2.75) is 11.4 Å². The van der Waals surface area contributed by atoms with E-state index in [1.807, 2.05) is 12.1 Å². The van der Waals surface area contributed by atoms with Crippen LogP contribution in [0.1, 0.15) is 21.3 Å². The highest BCUT2D eigenvalue weighted by atomic mass is 79.9. The van der Waals surface area contributed by atoms with Gasteiger partial charge in [0.05, 0.1) is 0 Å². The molecule has 7 heteroatoms. The molecular weight excluding hydrogens is 414 g/mol. The molecule has 2 unspecified atom stereocenters. The van der Waals surface area contributed by atoms with Crippen molar-refractivity contribution in [2.75, 3.05) is 5.75 Å². The first-order chi connectivity index (χ1) is 11.5. The van der Waals surface area contributed by atoms with E-state index in [4.69, 9.17) is 11.6 Å². The molecule has 4 nitrogen and oxygen atoms in total. The highest BCUT2D eigenvalue weighted by Gasteiger charge is 2.42. The molecule has 24 heavy (non-hydrogen) atoms. The van der Waals surface area contributed by atoms with E-state index >= 15 is 0 Å². The van der Waals surface area contributed by atoms with Crippen molar-refractivity contribution in [1.82, 2.24) is 4.90 Å². The van der Waals surface area contributed by atoms with Gasteiger partial charge in [0, 0.05) is 20.8 Å². The quantitative estimate of drug-likeness (QED) is 0.788. The lowest BCUT2D eigenvalue weighted by molar-refractivity contribution is -0.141. The van der Waals surface area contributed by atoms with Crippen LogP contribution in [0.2, 0.25) is 5.02 Å². The van der Waals surface area contributed by atoms with Crippen LogP contribution in [-0.4, -0.2) is 33.7 Å². The van der Waals surface area contributed by atoms with Crippen molar-refractivity contribution in [2.24, 2.45) is 0 Å². The van der Waals surface area contributed by atoms with Crippen LogP contribution in [0, 0.1) is 0 Å². The Morgan fingerprint density at radius 3 is 2.33 bits per heavy atom. The Labute approximate surface area is 156 Å². The zero-order valence-corrected chi connectivity index (χ0v) is 15.5. The van der Waals surface area contributed by atoms with Gasteiger partial charge in [0.2, 0.25) is 0 Å². The van der Waals surface area contributed by atoms with Gasteiger partial charge in [-0.2, -0.15) is 0 Å². The summed E-state index contributed by atoms with van der Waals surface area (Å²) >= 11 is 10.7. The smallest absolute Gasteiger partial charge is 0.327 e. The third-order valence-electron chi connectivity index (χ3n) is 3.77. The summed E-state index contributed by atoms with van der Waals surface area (Å²) in [6.45, 7) is 0. The Hall–Kier alpha value is -1.50. The van der Waals surface area contributed by atoms with Crippen LogP contribution in [0.4, 0.5) is 0 Å². The summed E-state index contributed by atoms with van der Waals surface area (Å²) in [5.41, 5.74) is 1.32. The summed E-state index contributed by atoms with van der Waals surface area (Å²) in [6.07, 6.45) is 0. The normalized spacial score (nSPS) is 20.2. The van der Waals surface area contributed by atoms with Crippen molar-refractivity contribution >= 4 is 51.2 Å². The van der Waals surface area contributed by atoms with Crippen LogP contribution in [0.3, 0.4) is 0 Å². The number of thioether (sulfide) groups is 1. The fourth-order valence-electron chi connectivity index (χ4n) is 2.57. The summed E-state index contributed by atoms with van der Waals surface area (Å²) in [5, 5.41) is 9.75. The van der Waals surface area contributed by atoms with Gasteiger partial charge in [-0.15, -0.1) is 11.8 Å². The van der Waals surface area contributed by atoms with E-state index in [0.717, 1.165) is 10.0 Å². The number of hydrogen-bond acceptors (Lipinski definition) is 3. The predicted octanol–water partition coefficient (Wildman–Crippen LogP) is 4.44. The van der Waals surface area contributed by atoms with Crippen LogP contribution in [0.5, 0.6) is 0 Å². The van der Waals surface area contributed by atoms with Gasteiger partial charge in [0.15, 0.2) is 0 Å². The molecule has 124 valence electrons. The molecule has 0 radical (unpaired) electrons. The van der Waals surface area contributed by atoms with Gasteiger partial charge in [-0.05, 0) is 42.0 Å². The SMILES string of the molecule is O=C(O)C1CSC(c2ccc(Cl)cc2)N1C(=O)c1ccc(Br)cc1. The highest BCUT2D eigenvalue weighted by molar-refractivity contribution is 9.10. The predicted molar refractivity (Wildman–Crippen MR) is 98.4 cm³/mol. The van der Waals surface area contributed by atoms with Crippen molar-refractivity contribution in [3.8, 4) is 0 Å². The van der Waals surface area contributed by atoms with Crippen molar-refractivity contribution in [3.63, 3.8) is 0 Å². The molecule has 0 bridgehead atoms. The van der Waals surface area contributed by atoms with E-state index in [1.165, 1.54) is 16.7 Å². The summed E-state index contributed by atoms with van der Waals surface area (Å²) in [5.74, 6) is -0.936. The molecule has 3 rings (SSSR count). The summed E-state index contributed by atoms with van der Waals surface area (Å²) in [4.78, 5) is 26.0. The third-order valence-corrected chi connectivity index (χ3v) is 5.87. The first-order valence-corrected chi connectivity index (χ1v) is 9.37. The van der Waals surface area contributed by atoms with Crippen LogP contribution in [0.25, 0.3) is 0 Å². The van der Waals surface area contributed by atoms with Gasteiger partial charge in [-0.3, -0.25) is 4.79 Å². The summed E-state index contributed by atoms with van der Waals surface area (Å²) in [6, 6.07) is 13.2. The first-order valence-electron chi connectivity index (χ1n) is 7.15. The van der Waals surface area contributed by atoms with E-state index in [0.29, 0.717) is 16.3 Å². The number of rotatable bonds is 3. The molecule has 2 atom stereocenters. The van der Waals surface area contributed by atoms with Gasteiger partial charge < -0.3 is 10.0 Å². The largest absolute Gasteiger partial charge is 0.480 e. The molecule has 1 saturated heterocycles. The molecule has 1 aliphatic heterocycles. The Morgan fingerprint density at radius 1 is 1.12 bits per heavy atom. The average Bonchev–Trinajstić information content (AvgIpc) is 3.01. The number of aliphatic carboxylic acids is 1. The van der Waals surface area contributed by atoms with Gasteiger partial charge in [0.1, 0.15) is 11.4 Å². The van der Waals surface area contributed by atoms with E-state index in [2.05, 4.69) is 15.9 Å². The minimum Gasteiger partial charge on any atom is -0.480 e. The second kappa shape index (κ2) is 7.17. The van der Waals surface area contributed by atoms with Gasteiger partial charge in [-0.1, -0.05) is 39.7 Å². The molecule has 0 saturated carbocycles. The number of benzene rings is 2. The number of carbonyl (C=O) groups excluding carboxylic acids is 1. The van der Waals surface area contributed by atoms with Gasteiger partial charge in [-0.25, -0.2) is 4.79 Å². The van der Waals surface area contributed by atoms with Gasteiger partial charge in [0.25, 0.3) is 5.91 Å². The zero-order valence-electron chi connectivity index (χ0n) is 12.4. The number of carboxylic acid groups (broad SMARTS) is 1. The number of nitrogens with zero attached hydrogens (tertiary/aromatic N) is 1. The molecule has 0 aliphatic carbocycles. The minimum absolute atomic E-state index is 0.292. The maximum atomic E-state index is 12.9. The number of halogens is 2. The molecule has 1 amide bonds. The lowest BCUT2D eigenvalue weighted by Gasteiger charge is -2.27. The second-order valence-electron chi connectivity index (χ2n) is 5.31. The number of hydrogen-bond donors (Lipinski definition) is 1. The lowest BCUT2D eigenvalue weighted by Crippen LogP contribution is -2.42. The highest BCUT2D eigenvalue weighted by Crippen LogP contribution is 2.42. The minimum atomic E-state index is -0.996. The third kappa shape index (κ3) is 3.45. The number of carbonyl (C=O) groups is 2. The zero-order chi connectivity index (χ0) is 17.3. The average molecular weight is 427 g/mol. The second-order valence-corrected chi connectivity index (χ2v) is 7.78. The Balaban J connectivity index is 1.97. The van der Waals surface area contributed by atoms with Crippen LogP contribution in [-0.2, 0) is 4.79 Å². The Kier molecular flexibility index (Phi) is 5.18. The van der Waals surface area contributed by atoms with Crippen molar-refractivity contribution in [3.05, 3.63) is 69.2 Å². The Bertz CT molecular complexity index is 766. The monoisotopic (exact) mass is 425 g/mol. The fourth-order valence-corrected chi connectivity index (χ4v) is 4.38. The maximum Gasteiger partial charge on any atom is 0.327 e. The molecule has 1 aliphatic rings. The molecule has 1 heterocycles. The Morgan fingerprint density at radius 2 is 1.75 bits per heavy atom. The molecule has 0 aromatic heterocycles. The summed E-state index contributed by atoms with van der Waals surface area (Å²) in [7, 11) is 0. The standard InChI is InChI=1S/C17H13BrClNO3S/c18-12-5-1-10(2-6-12)15(21)20-14(17(22)23)9-24-16(20)11-3-7-13(19)8-4-11/h1-8,14,16H,9H2,(H,22,23). The fraction of sp³-hybridized carbons (Fsp3) is 0.176. The van der Waals surface area contributed by atoms with E-state index < -0.39 is 12.0 Å². The van der Waals surface area contributed by atoms with Crippen molar-refractivity contribution < 1.29 is 14.7 Å². The molecule has 1 N–H and O–H groups in total. The maximum absolute atomic E-state index is 12.9. The molecule has 0 spiro atoms. The van der Waals surface area contributed by atoms with E-state index in [9.17, 15) is 14.7 Å². The topological polar surface area (TPSA) is 57.6 Å².